The van der Waals surface area contributed by atoms with E-state index in [0.29, 0.717) is 17.2 Å². The minimum Gasteiger partial charge on any atom is -0.456 e. The number of rotatable bonds is 5. The van der Waals surface area contributed by atoms with Crippen molar-refractivity contribution in [3.8, 4) is 0 Å². The number of thiophene rings is 1. The zero-order valence-electron chi connectivity index (χ0n) is 17.8. The van der Waals surface area contributed by atoms with Crippen LogP contribution in [-0.4, -0.2) is 28.4 Å². The predicted molar refractivity (Wildman–Crippen MR) is 121 cm³/mol. The van der Waals surface area contributed by atoms with Gasteiger partial charge in [-0.3, -0.25) is 9.59 Å². The average molecular weight is 439 g/mol. The number of nitrogens with two attached hydrogens (primary N) is 1. The molecule has 1 aliphatic rings. The lowest BCUT2D eigenvalue weighted by Gasteiger charge is -2.08. The average Bonchev–Trinajstić information content (AvgIpc) is 2.91. The number of aromatic nitrogens is 2. The number of anilines is 1. The van der Waals surface area contributed by atoms with Gasteiger partial charge in [-0.15, -0.1) is 11.3 Å². The van der Waals surface area contributed by atoms with Crippen LogP contribution in [0.15, 0.2) is 18.2 Å². The molecule has 0 bridgehead atoms. The van der Waals surface area contributed by atoms with E-state index in [1.807, 2.05) is 19.9 Å². The third kappa shape index (κ3) is 4.85. The minimum atomic E-state index is -0.554. The highest BCUT2D eigenvalue weighted by Gasteiger charge is 2.19. The summed E-state index contributed by atoms with van der Waals surface area (Å²) in [6, 6.07) is 5.54. The van der Waals surface area contributed by atoms with Gasteiger partial charge in [0.25, 0.3) is 5.91 Å². The molecule has 0 atom stereocenters. The number of carbonyl (C=O) groups excluding carboxylic acids is 2. The number of hydrogen-bond donors (Lipinski definition) is 2. The molecule has 0 saturated carbocycles. The Kier molecular flexibility index (Phi) is 6.18. The number of benzene rings is 1. The van der Waals surface area contributed by atoms with Gasteiger partial charge < -0.3 is 15.8 Å². The largest absolute Gasteiger partial charge is 0.456 e. The second-order valence-corrected chi connectivity index (χ2v) is 9.07. The molecule has 1 amide bonds. The Labute approximate surface area is 185 Å². The summed E-state index contributed by atoms with van der Waals surface area (Å²) in [5.41, 5.74) is 10.0. The van der Waals surface area contributed by atoms with E-state index in [1.165, 1.54) is 23.3 Å². The maximum Gasteiger partial charge on any atom is 0.325 e. The van der Waals surface area contributed by atoms with Crippen molar-refractivity contribution < 1.29 is 14.3 Å². The molecule has 3 aromatic rings. The van der Waals surface area contributed by atoms with Crippen LogP contribution in [0.1, 0.15) is 57.0 Å². The molecule has 0 spiro atoms. The fourth-order valence-electron chi connectivity index (χ4n) is 4.03. The van der Waals surface area contributed by atoms with Crippen molar-refractivity contribution >= 4 is 39.2 Å². The topological polar surface area (TPSA) is 107 Å². The van der Waals surface area contributed by atoms with Gasteiger partial charge in [0, 0.05) is 10.4 Å². The number of nitrogens with zero attached hydrogens (tertiary/aromatic N) is 2. The van der Waals surface area contributed by atoms with Gasteiger partial charge in [0.2, 0.25) is 0 Å². The van der Waals surface area contributed by atoms with Gasteiger partial charge in [0.15, 0.2) is 12.4 Å². The number of aryl methyl sites for hydroxylation is 4. The smallest absolute Gasteiger partial charge is 0.325 e. The van der Waals surface area contributed by atoms with Gasteiger partial charge >= 0.3 is 5.97 Å². The second kappa shape index (κ2) is 9.01. The lowest BCUT2D eigenvalue weighted by atomic mass is 10.1. The number of carbonyl (C=O) groups is 2. The number of fused-ring (bicyclic) bond motifs is 3. The molecule has 7 nitrogen and oxygen atoms in total. The number of hydrogen-bond acceptors (Lipinski definition) is 7. The van der Waals surface area contributed by atoms with Crippen LogP contribution >= 0.6 is 11.3 Å². The highest BCUT2D eigenvalue weighted by Crippen LogP contribution is 2.37. The van der Waals surface area contributed by atoms with Crippen LogP contribution < -0.4 is 11.1 Å². The summed E-state index contributed by atoms with van der Waals surface area (Å²) >= 11 is 1.66. The Bertz CT molecular complexity index is 1140. The van der Waals surface area contributed by atoms with E-state index in [4.69, 9.17) is 10.5 Å². The Morgan fingerprint density at radius 3 is 2.61 bits per heavy atom. The van der Waals surface area contributed by atoms with Crippen LogP contribution in [0.3, 0.4) is 0 Å². The summed E-state index contributed by atoms with van der Waals surface area (Å²) in [5.74, 6) is -0.0540. The molecule has 8 heteroatoms. The van der Waals surface area contributed by atoms with Crippen LogP contribution in [0, 0.1) is 13.8 Å². The first-order valence-corrected chi connectivity index (χ1v) is 11.3. The van der Waals surface area contributed by atoms with Crippen molar-refractivity contribution in [1.82, 2.24) is 15.3 Å². The minimum absolute atomic E-state index is 0.0824. The first-order valence-electron chi connectivity index (χ1n) is 10.5. The molecule has 3 N–H and O–H groups in total. The molecule has 1 aromatic carbocycles. The summed E-state index contributed by atoms with van der Waals surface area (Å²) in [6.07, 6.45) is 5.65. The maximum atomic E-state index is 12.3. The Morgan fingerprint density at radius 2 is 1.84 bits per heavy atom. The fraction of sp³-hybridized carbons (Fsp3) is 0.391. The van der Waals surface area contributed by atoms with Crippen molar-refractivity contribution in [2.75, 3.05) is 12.3 Å². The molecule has 4 rings (SSSR count). The van der Waals surface area contributed by atoms with Crippen molar-refractivity contribution in [1.29, 1.82) is 0 Å². The van der Waals surface area contributed by atoms with Gasteiger partial charge in [-0.2, -0.15) is 0 Å². The fourth-order valence-corrected chi connectivity index (χ4v) is 5.32. The van der Waals surface area contributed by atoms with Gasteiger partial charge in [0.05, 0.1) is 5.39 Å². The predicted octanol–water partition coefficient (Wildman–Crippen LogP) is 3.63. The van der Waals surface area contributed by atoms with Crippen molar-refractivity contribution in [3.63, 3.8) is 0 Å². The molecule has 0 radical (unpaired) electrons. The Balaban J connectivity index is 1.37. The summed E-state index contributed by atoms with van der Waals surface area (Å²) in [4.78, 5) is 35.5. The standard InChI is InChI=1S/C23H26N4O3S/c1-13-8-14(2)10-15(9-13)22(29)25-11-19(28)30-12-18-26-21(24)20-16-6-4-3-5-7-17(16)31-23(20)27-18/h8-10H,3-7,11-12H2,1-2H3,(H,25,29)(H2,24,26,27). The highest BCUT2D eigenvalue weighted by atomic mass is 32.1. The molecule has 0 aliphatic heterocycles. The highest BCUT2D eigenvalue weighted by molar-refractivity contribution is 7.19. The van der Waals surface area contributed by atoms with E-state index in [-0.39, 0.29) is 19.1 Å². The van der Waals surface area contributed by atoms with E-state index >= 15 is 0 Å². The third-order valence-electron chi connectivity index (χ3n) is 5.38. The van der Waals surface area contributed by atoms with E-state index in [9.17, 15) is 9.59 Å². The molecular formula is C23H26N4O3S. The molecule has 31 heavy (non-hydrogen) atoms. The molecule has 2 aromatic heterocycles. The molecule has 0 unspecified atom stereocenters. The third-order valence-corrected chi connectivity index (χ3v) is 6.56. The van der Waals surface area contributed by atoms with Crippen LogP contribution in [0.25, 0.3) is 10.2 Å². The van der Waals surface area contributed by atoms with Crippen LogP contribution in [0.2, 0.25) is 0 Å². The van der Waals surface area contributed by atoms with E-state index in [0.717, 1.165) is 40.6 Å². The van der Waals surface area contributed by atoms with E-state index in [1.54, 1.807) is 23.5 Å². The quantitative estimate of drug-likeness (QED) is 0.465. The molecular weight excluding hydrogens is 412 g/mol. The summed E-state index contributed by atoms with van der Waals surface area (Å²) in [5, 5.41) is 3.55. The molecule has 1 aliphatic carbocycles. The van der Waals surface area contributed by atoms with E-state index < -0.39 is 5.97 Å². The second-order valence-electron chi connectivity index (χ2n) is 7.99. The number of ether oxygens (including phenoxy) is 1. The first-order chi connectivity index (χ1) is 14.9. The Morgan fingerprint density at radius 1 is 1.10 bits per heavy atom. The zero-order chi connectivity index (χ0) is 22.0. The number of esters is 1. The summed E-state index contributed by atoms with van der Waals surface area (Å²) in [6.45, 7) is 3.54. The lowest BCUT2D eigenvalue weighted by molar-refractivity contribution is -0.143. The van der Waals surface area contributed by atoms with Crippen LogP contribution in [0.4, 0.5) is 5.82 Å². The lowest BCUT2D eigenvalue weighted by Crippen LogP contribution is -2.30. The van der Waals surface area contributed by atoms with Gasteiger partial charge in [-0.05, 0) is 57.2 Å². The van der Waals surface area contributed by atoms with Gasteiger partial charge in [0.1, 0.15) is 17.2 Å². The van der Waals surface area contributed by atoms with Crippen LogP contribution in [-0.2, 0) is 29.0 Å². The summed E-state index contributed by atoms with van der Waals surface area (Å²) in [7, 11) is 0. The van der Waals surface area contributed by atoms with Crippen molar-refractivity contribution in [2.24, 2.45) is 0 Å². The number of nitrogen functional groups attached to an aromatic ring is 1. The maximum absolute atomic E-state index is 12.3. The summed E-state index contributed by atoms with van der Waals surface area (Å²) < 4.78 is 5.26. The van der Waals surface area contributed by atoms with Crippen LogP contribution in [0.5, 0.6) is 0 Å². The number of amides is 1. The van der Waals surface area contributed by atoms with E-state index in [2.05, 4.69) is 15.3 Å². The molecule has 0 saturated heterocycles. The van der Waals surface area contributed by atoms with Crippen molar-refractivity contribution in [3.05, 3.63) is 51.2 Å². The molecule has 0 fully saturated rings. The SMILES string of the molecule is Cc1cc(C)cc(C(=O)NCC(=O)OCc2nc(N)c3c4c(sc3n2)CCCCC4)c1. The van der Waals surface area contributed by atoms with Crippen molar-refractivity contribution in [2.45, 2.75) is 52.6 Å². The monoisotopic (exact) mass is 438 g/mol. The first kappa shape index (κ1) is 21.2. The molecule has 2 heterocycles. The normalized spacial score (nSPS) is 13.5. The zero-order valence-corrected chi connectivity index (χ0v) is 18.6. The molecule has 162 valence electrons. The Hall–Kier alpha value is -3.00. The van der Waals surface area contributed by atoms with Gasteiger partial charge in [-0.25, -0.2) is 9.97 Å². The number of nitrogens with one attached hydrogen (secondary N) is 1. The van der Waals surface area contributed by atoms with Gasteiger partial charge in [-0.1, -0.05) is 23.6 Å².